The molecule has 0 saturated carbocycles. The van der Waals surface area contributed by atoms with E-state index in [9.17, 15) is 73.2 Å². The van der Waals surface area contributed by atoms with Crippen molar-refractivity contribution in [2.45, 2.75) is 155 Å². The molecule has 1 aromatic heterocycles. The number of nitrogens with two attached hydrogens (primary N) is 1. The number of carbonyl (C=O) groups excluding carboxylic acids is 8. The first-order chi connectivity index (χ1) is 31.6. The topological polar surface area (TPSA) is 420 Å². The van der Waals surface area contributed by atoms with Gasteiger partial charge < -0.3 is 73.7 Å². The summed E-state index contributed by atoms with van der Waals surface area (Å²) in [5.41, 5.74) is 5.98. The molecule has 0 unspecified atom stereocenters. The van der Waals surface area contributed by atoms with E-state index < -0.39 is 158 Å². The Morgan fingerprint density at radius 3 is 1.41 bits per heavy atom. The maximum atomic E-state index is 13.9. The summed E-state index contributed by atoms with van der Waals surface area (Å²) in [6.45, 7) is 11.8. The lowest BCUT2D eigenvalue weighted by atomic mass is 10.0. The summed E-state index contributed by atoms with van der Waals surface area (Å²) in [4.78, 5) is 148. The van der Waals surface area contributed by atoms with Crippen LogP contribution in [0.2, 0.25) is 0 Å². The molecule has 0 aliphatic carbocycles. The maximum absolute atomic E-state index is 13.9. The van der Waals surface area contributed by atoms with Crippen molar-refractivity contribution in [2.24, 2.45) is 23.5 Å². The minimum atomic E-state index is -1.68. The Kier molecular flexibility index (Phi) is 25.4. The van der Waals surface area contributed by atoms with E-state index in [-0.39, 0.29) is 31.1 Å². The zero-order chi connectivity index (χ0) is 52.0. The number of imidazole rings is 1. The monoisotopic (exact) mass is 967 g/mol. The zero-order valence-electron chi connectivity index (χ0n) is 39.5. The minimum Gasteiger partial charge on any atom is -0.481 e. The average molecular weight is 968 g/mol. The highest BCUT2D eigenvalue weighted by molar-refractivity contribution is 5.97. The van der Waals surface area contributed by atoms with Gasteiger partial charge in [-0.2, -0.15) is 0 Å². The molecule has 0 aliphatic rings. The molecule has 26 nitrogen and oxygen atoms in total. The van der Waals surface area contributed by atoms with Crippen molar-refractivity contribution in [3.63, 3.8) is 0 Å². The first kappa shape index (κ1) is 59.3. The van der Waals surface area contributed by atoms with Crippen LogP contribution < -0.4 is 48.3 Å². The number of hydrogen-bond acceptors (Lipinski definition) is 14. The smallest absolute Gasteiger partial charge is 0.326 e. The van der Waals surface area contributed by atoms with Gasteiger partial charge in [-0.05, 0) is 57.3 Å². The maximum Gasteiger partial charge on any atom is 0.326 e. The second kappa shape index (κ2) is 29.1. The van der Waals surface area contributed by atoms with Gasteiger partial charge in [0.05, 0.1) is 25.0 Å². The molecule has 1 heterocycles. The Labute approximate surface area is 393 Å². The van der Waals surface area contributed by atoms with E-state index in [1.165, 1.54) is 40.2 Å². The highest BCUT2D eigenvalue weighted by Gasteiger charge is 2.35. The number of nitrogens with one attached hydrogen (secondary N) is 9. The number of amides is 8. The Morgan fingerprint density at radius 1 is 0.574 bits per heavy atom. The van der Waals surface area contributed by atoms with Crippen molar-refractivity contribution in [3.8, 4) is 0 Å². The van der Waals surface area contributed by atoms with Crippen LogP contribution in [0.25, 0.3) is 0 Å². The van der Waals surface area contributed by atoms with Crippen molar-refractivity contribution >= 4 is 65.2 Å². The molecule has 0 bridgehead atoms. The van der Waals surface area contributed by atoms with Gasteiger partial charge in [0.2, 0.25) is 47.3 Å². The number of rotatable bonds is 31. The number of hydrogen-bond donors (Lipinski definition) is 14. The van der Waals surface area contributed by atoms with Gasteiger partial charge in [0.15, 0.2) is 0 Å². The van der Waals surface area contributed by atoms with E-state index in [0.29, 0.717) is 5.69 Å². The normalized spacial score (nSPS) is 15.2. The number of aliphatic hydroxyl groups excluding tert-OH is 1. The molecule has 0 radical (unpaired) electrons. The van der Waals surface area contributed by atoms with E-state index >= 15 is 0 Å². The van der Waals surface area contributed by atoms with Crippen LogP contribution in [0.1, 0.15) is 99.6 Å². The summed E-state index contributed by atoms with van der Waals surface area (Å²) in [7, 11) is 0. The quantitative estimate of drug-likeness (QED) is 0.0348. The summed E-state index contributed by atoms with van der Waals surface area (Å²) in [5, 5.41) is 57.8. The lowest BCUT2D eigenvalue weighted by molar-refractivity contribution is -0.144. The zero-order valence-corrected chi connectivity index (χ0v) is 39.5. The van der Waals surface area contributed by atoms with E-state index in [4.69, 9.17) is 5.73 Å². The molecule has 9 atom stereocenters. The molecule has 26 heteroatoms. The molecule has 0 fully saturated rings. The number of carbonyl (C=O) groups is 11. The summed E-state index contributed by atoms with van der Waals surface area (Å²) >= 11 is 0. The van der Waals surface area contributed by atoms with Crippen molar-refractivity contribution in [3.05, 3.63) is 18.2 Å². The number of nitrogens with zero attached hydrogens (tertiary/aromatic N) is 1. The molecular formula is C42H69N11O15. The third-order valence-electron chi connectivity index (χ3n) is 10.0. The molecule has 0 saturated heterocycles. The molecular weight excluding hydrogens is 899 g/mol. The van der Waals surface area contributed by atoms with Crippen LogP contribution in [-0.2, 0) is 59.2 Å². The van der Waals surface area contributed by atoms with E-state index in [0.717, 1.165) is 0 Å². The molecule has 0 aliphatic heterocycles. The summed E-state index contributed by atoms with van der Waals surface area (Å²) in [6, 6.07) is -11.3. The summed E-state index contributed by atoms with van der Waals surface area (Å²) < 4.78 is 0. The fourth-order valence-electron chi connectivity index (χ4n) is 6.37. The number of H-pyrrole nitrogens is 1. The van der Waals surface area contributed by atoms with Crippen LogP contribution in [0.5, 0.6) is 0 Å². The molecule has 8 amide bonds. The predicted octanol–water partition coefficient (Wildman–Crippen LogP) is -3.25. The van der Waals surface area contributed by atoms with E-state index in [2.05, 4.69) is 52.5 Å². The summed E-state index contributed by atoms with van der Waals surface area (Å²) in [6.07, 6.45) is -1.35. The molecule has 382 valence electrons. The van der Waals surface area contributed by atoms with Gasteiger partial charge in [-0.3, -0.25) is 47.9 Å². The highest BCUT2D eigenvalue weighted by atomic mass is 16.4. The third-order valence-corrected chi connectivity index (χ3v) is 10.0. The number of aliphatic carboxylic acids is 3. The number of aromatic nitrogens is 2. The van der Waals surface area contributed by atoms with Crippen LogP contribution in [0.15, 0.2) is 12.5 Å². The minimum absolute atomic E-state index is 0.0690. The van der Waals surface area contributed by atoms with Crippen molar-refractivity contribution < 1.29 is 73.2 Å². The van der Waals surface area contributed by atoms with Gasteiger partial charge in [-0.25, -0.2) is 9.78 Å². The Morgan fingerprint density at radius 2 is 1.00 bits per heavy atom. The number of aliphatic hydroxyl groups is 1. The van der Waals surface area contributed by atoms with Crippen LogP contribution in [-0.4, -0.2) is 157 Å². The van der Waals surface area contributed by atoms with E-state index in [1.807, 2.05) is 0 Å². The lowest BCUT2D eigenvalue weighted by Gasteiger charge is -2.28. The Bertz CT molecular complexity index is 1910. The molecule has 1 aromatic rings. The van der Waals surface area contributed by atoms with Crippen molar-refractivity contribution in [1.82, 2.24) is 52.5 Å². The fourth-order valence-corrected chi connectivity index (χ4v) is 6.37. The first-order valence-electron chi connectivity index (χ1n) is 22.1. The second-order valence-corrected chi connectivity index (χ2v) is 17.6. The largest absolute Gasteiger partial charge is 0.481 e. The van der Waals surface area contributed by atoms with Gasteiger partial charge in [0.1, 0.15) is 42.3 Å². The number of aromatic amines is 1. The van der Waals surface area contributed by atoms with Crippen molar-refractivity contribution in [1.29, 1.82) is 0 Å². The number of carboxylic acids is 3. The van der Waals surface area contributed by atoms with Gasteiger partial charge in [0, 0.05) is 31.2 Å². The van der Waals surface area contributed by atoms with Crippen LogP contribution >= 0.6 is 0 Å². The van der Waals surface area contributed by atoms with Crippen LogP contribution in [0.3, 0.4) is 0 Å². The SMILES string of the molecule is CC(C)C[C@H](NC(=O)[C@H](C)N)C(=O)N[C@H](C(=O)NCC(=O)N[C@@H](Cc1cnc[nH]1)C(=O)N[C@@H](CC(C)C)C(=O)N[C@@H](CCC(=O)O)C(=O)N[C@@H](CCC(=O)O)C(=O)N[C@H](C(=O)O)C(C)C)[C@@H](C)O. The van der Waals surface area contributed by atoms with Crippen LogP contribution in [0.4, 0.5) is 0 Å². The molecule has 1 rings (SSSR count). The summed E-state index contributed by atoms with van der Waals surface area (Å²) in [5.74, 6) is -12.6. The average Bonchev–Trinajstić information content (AvgIpc) is 3.75. The molecule has 0 spiro atoms. The van der Waals surface area contributed by atoms with Crippen molar-refractivity contribution in [2.75, 3.05) is 6.54 Å². The fraction of sp³-hybridized carbons (Fsp3) is 0.667. The first-order valence-corrected chi connectivity index (χ1v) is 22.1. The highest BCUT2D eigenvalue weighted by Crippen LogP contribution is 2.11. The predicted molar refractivity (Wildman–Crippen MR) is 239 cm³/mol. The molecule has 0 aromatic carbocycles. The third kappa shape index (κ3) is 22.2. The van der Waals surface area contributed by atoms with Gasteiger partial charge >= 0.3 is 17.9 Å². The van der Waals surface area contributed by atoms with Gasteiger partial charge in [-0.15, -0.1) is 0 Å². The number of carboxylic acid groups (broad SMARTS) is 3. The van der Waals surface area contributed by atoms with E-state index in [1.54, 1.807) is 27.7 Å². The molecule has 68 heavy (non-hydrogen) atoms. The van der Waals surface area contributed by atoms with Crippen LogP contribution in [0, 0.1) is 17.8 Å². The Hall–Kier alpha value is -6.70. The lowest BCUT2D eigenvalue weighted by Crippen LogP contribution is -2.60. The Balaban J connectivity index is 3.35. The molecule has 15 N–H and O–H groups in total. The standard InChI is InChI=1S/C42H69N11O15/c1-19(2)13-27(38(63)49-25(9-11-31(56)57)36(61)48-26(10-12-32(58)59)37(62)52-33(21(5)6)42(67)68)51-39(64)29(15-24-16-44-18-46-24)47-30(55)17-45-41(66)34(23(8)54)53-40(65)28(14-20(3)4)50-35(60)22(7)43/h16,18-23,25-29,33-34,54H,9-15,17,43H2,1-8H3,(H,44,46)(H,45,66)(H,47,55)(H,48,61)(H,49,63)(H,50,60)(H,51,64)(H,52,62)(H,53,65)(H,56,57)(H,58,59)(H,67,68)/t22-,23+,25-,26-,27-,28-,29-,33-,34-/m0/s1. The van der Waals surface area contributed by atoms with Gasteiger partial charge in [-0.1, -0.05) is 41.5 Å². The second-order valence-electron chi connectivity index (χ2n) is 17.6. The van der Waals surface area contributed by atoms with Gasteiger partial charge in [0.25, 0.3) is 0 Å².